The fourth-order valence-corrected chi connectivity index (χ4v) is 4.78. The van der Waals surface area contributed by atoms with Gasteiger partial charge in [-0.25, -0.2) is 0 Å². The molecule has 0 aliphatic carbocycles. The Labute approximate surface area is 111 Å². The molecule has 0 saturated carbocycles. The molecule has 4 fully saturated rings. The van der Waals surface area contributed by atoms with Gasteiger partial charge in [0.15, 0.2) is 0 Å². The van der Waals surface area contributed by atoms with E-state index in [0.29, 0.717) is 11.6 Å². The van der Waals surface area contributed by atoms with Crippen LogP contribution in [-0.4, -0.2) is 61.3 Å². The van der Waals surface area contributed by atoms with Crippen LogP contribution in [0.4, 0.5) is 0 Å². The van der Waals surface area contributed by atoms with E-state index < -0.39 is 0 Å². The van der Waals surface area contributed by atoms with E-state index in [4.69, 9.17) is 4.74 Å². The molecule has 0 radical (unpaired) electrons. The molecule has 0 amide bonds. The third-order valence-electron chi connectivity index (χ3n) is 5.70. The van der Waals surface area contributed by atoms with E-state index in [-0.39, 0.29) is 0 Å². The smallest absolute Gasteiger partial charge is 0.0477 e. The number of rotatable bonds is 4. The predicted molar refractivity (Wildman–Crippen MR) is 73.8 cm³/mol. The first-order valence-electron chi connectivity index (χ1n) is 7.74. The zero-order chi connectivity index (χ0) is 12.6. The van der Waals surface area contributed by atoms with Crippen molar-refractivity contribution in [3.05, 3.63) is 0 Å². The Kier molecular flexibility index (Phi) is 3.65. The van der Waals surface area contributed by atoms with Gasteiger partial charge in [0, 0.05) is 31.8 Å². The first-order valence-corrected chi connectivity index (χ1v) is 7.74. The standard InChI is InChI=1S/C15H28N2O/c1-13(6-11-18-2)17-8-3-7-15(17)12-16-9-4-14(15)5-10-16/h13-14H,3-12H2,1-2H3. The van der Waals surface area contributed by atoms with Crippen molar-refractivity contribution in [1.29, 1.82) is 0 Å². The van der Waals surface area contributed by atoms with E-state index in [0.717, 1.165) is 12.5 Å². The van der Waals surface area contributed by atoms with Crippen LogP contribution in [0.5, 0.6) is 0 Å². The summed E-state index contributed by atoms with van der Waals surface area (Å²) >= 11 is 0. The summed E-state index contributed by atoms with van der Waals surface area (Å²) in [6, 6.07) is 0.688. The Morgan fingerprint density at radius 2 is 2.06 bits per heavy atom. The normalized spacial score (nSPS) is 41.7. The summed E-state index contributed by atoms with van der Waals surface area (Å²) in [5.74, 6) is 0.968. The average molecular weight is 252 g/mol. The molecule has 0 aromatic rings. The van der Waals surface area contributed by atoms with Gasteiger partial charge in [0.2, 0.25) is 0 Å². The fourth-order valence-electron chi connectivity index (χ4n) is 4.78. The molecule has 4 saturated heterocycles. The fraction of sp³-hybridized carbons (Fsp3) is 1.00. The van der Waals surface area contributed by atoms with Gasteiger partial charge in [-0.05, 0) is 64.6 Å². The molecule has 4 heterocycles. The Morgan fingerprint density at radius 1 is 1.28 bits per heavy atom. The van der Waals surface area contributed by atoms with Gasteiger partial charge in [0.25, 0.3) is 0 Å². The summed E-state index contributed by atoms with van der Waals surface area (Å²) in [5, 5.41) is 0. The van der Waals surface area contributed by atoms with Gasteiger partial charge in [0.05, 0.1) is 0 Å². The van der Waals surface area contributed by atoms with E-state index in [9.17, 15) is 0 Å². The number of methoxy groups -OCH3 is 1. The van der Waals surface area contributed by atoms with Crippen LogP contribution in [0.25, 0.3) is 0 Å². The van der Waals surface area contributed by atoms with Gasteiger partial charge < -0.3 is 9.64 Å². The lowest BCUT2D eigenvalue weighted by atomic mass is 9.71. The summed E-state index contributed by atoms with van der Waals surface area (Å²) in [7, 11) is 1.82. The van der Waals surface area contributed by atoms with Gasteiger partial charge in [-0.1, -0.05) is 0 Å². The first kappa shape index (κ1) is 12.9. The van der Waals surface area contributed by atoms with Gasteiger partial charge in [-0.3, -0.25) is 4.90 Å². The van der Waals surface area contributed by atoms with Crippen molar-refractivity contribution in [2.75, 3.05) is 39.9 Å². The summed E-state index contributed by atoms with van der Waals surface area (Å²) in [6.45, 7) is 8.68. The quantitative estimate of drug-likeness (QED) is 0.761. The van der Waals surface area contributed by atoms with Gasteiger partial charge >= 0.3 is 0 Å². The molecule has 4 rings (SSSR count). The number of hydrogen-bond acceptors (Lipinski definition) is 3. The maximum absolute atomic E-state index is 5.27. The minimum Gasteiger partial charge on any atom is -0.385 e. The molecule has 2 unspecified atom stereocenters. The number of ether oxygens (including phenoxy) is 1. The van der Waals surface area contributed by atoms with Gasteiger partial charge in [-0.15, -0.1) is 0 Å². The molecule has 0 aromatic heterocycles. The van der Waals surface area contributed by atoms with E-state index >= 15 is 0 Å². The van der Waals surface area contributed by atoms with Crippen LogP contribution in [-0.2, 0) is 4.74 Å². The lowest BCUT2D eigenvalue weighted by Gasteiger charge is -2.57. The van der Waals surface area contributed by atoms with Crippen LogP contribution in [0.15, 0.2) is 0 Å². The van der Waals surface area contributed by atoms with Crippen LogP contribution in [0.2, 0.25) is 0 Å². The second kappa shape index (κ2) is 5.10. The van der Waals surface area contributed by atoms with E-state index in [1.807, 2.05) is 7.11 Å². The van der Waals surface area contributed by atoms with Gasteiger partial charge in [-0.2, -0.15) is 0 Å². The number of nitrogens with zero attached hydrogens (tertiary/aromatic N) is 2. The highest BCUT2D eigenvalue weighted by Gasteiger charge is 2.53. The largest absolute Gasteiger partial charge is 0.385 e. The molecule has 2 atom stereocenters. The van der Waals surface area contributed by atoms with Crippen LogP contribution in [0.3, 0.4) is 0 Å². The molecule has 104 valence electrons. The van der Waals surface area contributed by atoms with Crippen molar-refractivity contribution < 1.29 is 4.74 Å². The van der Waals surface area contributed by atoms with Crippen LogP contribution in [0.1, 0.15) is 39.0 Å². The number of piperidine rings is 3. The number of hydrogen-bond donors (Lipinski definition) is 0. The highest BCUT2D eigenvalue weighted by Crippen LogP contribution is 2.46. The van der Waals surface area contributed by atoms with Crippen molar-refractivity contribution >= 4 is 0 Å². The second-order valence-electron chi connectivity index (χ2n) is 6.58. The molecule has 0 aromatic carbocycles. The number of likely N-dealkylation sites (tertiary alicyclic amines) is 1. The molecule has 1 spiro atoms. The summed E-state index contributed by atoms with van der Waals surface area (Å²) in [4.78, 5) is 5.56. The molecular formula is C15H28N2O. The van der Waals surface area contributed by atoms with Crippen molar-refractivity contribution in [2.45, 2.75) is 50.6 Å². The molecular weight excluding hydrogens is 224 g/mol. The van der Waals surface area contributed by atoms with E-state index in [1.165, 1.54) is 58.3 Å². The molecule has 4 aliphatic heterocycles. The van der Waals surface area contributed by atoms with Gasteiger partial charge in [0.1, 0.15) is 0 Å². The van der Waals surface area contributed by atoms with Crippen molar-refractivity contribution in [3.8, 4) is 0 Å². The third kappa shape index (κ3) is 2.00. The third-order valence-corrected chi connectivity index (χ3v) is 5.70. The minimum absolute atomic E-state index is 0.531. The molecule has 18 heavy (non-hydrogen) atoms. The topological polar surface area (TPSA) is 15.7 Å². The number of fused-ring (bicyclic) bond motifs is 2. The summed E-state index contributed by atoms with van der Waals surface area (Å²) < 4.78 is 5.27. The Balaban J connectivity index is 1.74. The zero-order valence-corrected chi connectivity index (χ0v) is 12.0. The maximum atomic E-state index is 5.27. The van der Waals surface area contributed by atoms with Crippen LogP contribution < -0.4 is 0 Å². The average Bonchev–Trinajstić information content (AvgIpc) is 2.81. The molecule has 2 bridgehead atoms. The monoisotopic (exact) mass is 252 g/mol. The maximum Gasteiger partial charge on any atom is 0.0477 e. The zero-order valence-electron chi connectivity index (χ0n) is 12.0. The van der Waals surface area contributed by atoms with E-state index in [1.54, 1.807) is 0 Å². The first-order chi connectivity index (χ1) is 8.76. The van der Waals surface area contributed by atoms with Crippen molar-refractivity contribution in [1.82, 2.24) is 9.80 Å². The van der Waals surface area contributed by atoms with E-state index in [2.05, 4.69) is 16.7 Å². The highest BCUT2D eigenvalue weighted by molar-refractivity contribution is 5.09. The Bertz CT molecular complexity index is 288. The molecule has 3 heteroatoms. The summed E-state index contributed by atoms with van der Waals surface area (Å²) in [5.41, 5.74) is 0.531. The molecule has 4 aliphatic rings. The lowest BCUT2D eigenvalue weighted by molar-refractivity contribution is -0.0682. The predicted octanol–water partition coefficient (Wildman–Crippen LogP) is 1.97. The second-order valence-corrected chi connectivity index (χ2v) is 6.58. The van der Waals surface area contributed by atoms with Crippen LogP contribution >= 0.6 is 0 Å². The molecule has 3 nitrogen and oxygen atoms in total. The van der Waals surface area contributed by atoms with Crippen molar-refractivity contribution in [2.24, 2.45) is 5.92 Å². The van der Waals surface area contributed by atoms with Crippen LogP contribution in [0, 0.1) is 5.92 Å². The SMILES string of the molecule is COCCC(C)N1CCCC12CN1CCC2CC1. The minimum atomic E-state index is 0.531. The Hall–Kier alpha value is -0.120. The highest BCUT2D eigenvalue weighted by atomic mass is 16.5. The Morgan fingerprint density at radius 3 is 2.67 bits per heavy atom. The summed E-state index contributed by atoms with van der Waals surface area (Å²) in [6.07, 6.45) is 6.90. The lowest BCUT2D eigenvalue weighted by Crippen LogP contribution is -2.66. The van der Waals surface area contributed by atoms with Crippen molar-refractivity contribution in [3.63, 3.8) is 0 Å². The molecule has 0 N–H and O–H groups in total.